The lowest BCUT2D eigenvalue weighted by Crippen LogP contribution is -2.33. The highest BCUT2D eigenvalue weighted by atomic mass is 16.5. The molecule has 2 aromatic heterocycles. The van der Waals surface area contributed by atoms with Crippen molar-refractivity contribution in [3.8, 4) is 22.8 Å². The van der Waals surface area contributed by atoms with E-state index in [1.807, 2.05) is 19.1 Å². The van der Waals surface area contributed by atoms with Gasteiger partial charge < -0.3 is 23.8 Å². The van der Waals surface area contributed by atoms with Gasteiger partial charge in [0.15, 0.2) is 0 Å². The molecule has 1 fully saturated rings. The molecule has 1 saturated heterocycles. The number of nitrogens with zero attached hydrogens (tertiary/aromatic N) is 3. The highest BCUT2D eigenvalue weighted by Crippen LogP contribution is 2.41. The average molecular weight is 510 g/mol. The fourth-order valence-corrected chi connectivity index (χ4v) is 5.28. The molecule has 3 aromatic rings. The highest BCUT2D eigenvalue weighted by Gasteiger charge is 2.25. The van der Waals surface area contributed by atoms with E-state index in [-0.39, 0.29) is 0 Å². The van der Waals surface area contributed by atoms with Crippen LogP contribution >= 0.6 is 0 Å². The Morgan fingerprint density at radius 1 is 1.05 bits per heavy atom. The molecule has 7 heteroatoms. The summed E-state index contributed by atoms with van der Waals surface area (Å²) in [6.07, 6.45) is 5.44. The van der Waals surface area contributed by atoms with Gasteiger partial charge in [-0.3, -0.25) is 0 Å². The maximum Gasteiger partial charge on any atom is 0.132 e. The number of aromatic nitrogens is 2. The van der Waals surface area contributed by atoms with Crippen molar-refractivity contribution < 1.29 is 18.9 Å². The summed E-state index contributed by atoms with van der Waals surface area (Å²) in [5.74, 6) is 2.15. The number of unbranched alkanes of at least 4 members (excludes halogenated alkanes) is 1. The van der Waals surface area contributed by atoms with Crippen molar-refractivity contribution in [2.45, 2.75) is 59.5 Å². The zero-order chi connectivity index (χ0) is 26.2. The van der Waals surface area contributed by atoms with Crippen molar-refractivity contribution in [2.75, 3.05) is 52.0 Å². The normalized spacial score (nSPS) is 14.3. The molecule has 0 saturated carbocycles. The van der Waals surface area contributed by atoms with Crippen LogP contribution in [0.2, 0.25) is 0 Å². The SMILES string of the molecule is CCCCN(CC1CCOCC1)c1c(CC)nn2c(-c3c(OC)cc(COCC)cc3OC)cccc12. The summed E-state index contributed by atoms with van der Waals surface area (Å²) in [6, 6.07) is 10.5. The maximum absolute atomic E-state index is 5.88. The molecule has 0 N–H and O–H groups in total. The Bertz CT molecular complexity index is 1130. The van der Waals surface area contributed by atoms with Crippen LogP contribution < -0.4 is 14.4 Å². The lowest BCUT2D eigenvalue weighted by molar-refractivity contribution is 0.0682. The van der Waals surface area contributed by atoms with Crippen LogP contribution in [0.25, 0.3) is 16.8 Å². The zero-order valence-electron chi connectivity index (χ0n) is 23.2. The van der Waals surface area contributed by atoms with E-state index in [1.54, 1.807) is 14.2 Å². The molecule has 0 spiro atoms. The van der Waals surface area contributed by atoms with Gasteiger partial charge in [0.05, 0.1) is 49.0 Å². The molecule has 202 valence electrons. The van der Waals surface area contributed by atoms with Gasteiger partial charge in [-0.25, -0.2) is 4.52 Å². The van der Waals surface area contributed by atoms with Crippen LogP contribution in [-0.2, 0) is 22.5 Å². The van der Waals surface area contributed by atoms with Gasteiger partial charge in [-0.2, -0.15) is 5.10 Å². The van der Waals surface area contributed by atoms with E-state index >= 15 is 0 Å². The minimum Gasteiger partial charge on any atom is -0.496 e. The standard InChI is InChI=1S/C30H43N3O4/c1-6-9-15-32(20-22-13-16-37-17-14-22)30-24(7-2)31-33-25(11-10-12-26(30)33)29-27(34-4)18-23(21-36-8-3)19-28(29)35-5/h10-12,18-19,22H,6-9,13-17,20-21H2,1-5H3. The number of anilines is 1. The van der Waals surface area contributed by atoms with E-state index in [2.05, 4.69) is 41.5 Å². The molecule has 1 aliphatic rings. The van der Waals surface area contributed by atoms with Gasteiger partial charge in [-0.15, -0.1) is 0 Å². The Hall–Kier alpha value is -2.77. The second kappa shape index (κ2) is 13.2. The van der Waals surface area contributed by atoms with Gasteiger partial charge in [-0.05, 0) is 68.4 Å². The van der Waals surface area contributed by atoms with Gasteiger partial charge in [-0.1, -0.05) is 26.3 Å². The Morgan fingerprint density at radius 2 is 1.78 bits per heavy atom. The molecule has 0 radical (unpaired) electrons. The number of hydrogen-bond acceptors (Lipinski definition) is 6. The fourth-order valence-electron chi connectivity index (χ4n) is 5.28. The van der Waals surface area contributed by atoms with Gasteiger partial charge in [0.2, 0.25) is 0 Å². The number of hydrogen-bond donors (Lipinski definition) is 0. The van der Waals surface area contributed by atoms with E-state index in [1.165, 1.54) is 12.1 Å². The average Bonchev–Trinajstić information content (AvgIpc) is 3.33. The van der Waals surface area contributed by atoms with Crippen LogP contribution in [0, 0.1) is 5.92 Å². The number of rotatable bonds is 13. The smallest absolute Gasteiger partial charge is 0.132 e. The summed E-state index contributed by atoms with van der Waals surface area (Å²) in [7, 11) is 3.41. The Labute approximate surface area is 221 Å². The lowest BCUT2D eigenvalue weighted by Gasteiger charge is -2.31. The topological polar surface area (TPSA) is 57.5 Å². The van der Waals surface area contributed by atoms with Crippen molar-refractivity contribution in [1.82, 2.24) is 9.61 Å². The van der Waals surface area contributed by atoms with Crippen LogP contribution in [0.15, 0.2) is 30.3 Å². The van der Waals surface area contributed by atoms with Crippen LogP contribution in [0.4, 0.5) is 5.69 Å². The van der Waals surface area contributed by atoms with Gasteiger partial charge in [0, 0.05) is 32.9 Å². The van der Waals surface area contributed by atoms with E-state index in [4.69, 9.17) is 24.0 Å². The first-order chi connectivity index (χ1) is 18.1. The first-order valence-corrected chi connectivity index (χ1v) is 13.8. The van der Waals surface area contributed by atoms with E-state index in [9.17, 15) is 0 Å². The third kappa shape index (κ3) is 6.04. The largest absolute Gasteiger partial charge is 0.496 e. The van der Waals surface area contributed by atoms with Crippen LogP contribution in [0.3, 0.4) is 0 Å². The third-order valence-corrected chi connectivity index (χ3v) is 7.25. The van der Waals surface area contributed by atoms with E-state index < -0.39 is 0 Å². The molecule has 4 rings (SSSR count). The minimum atomic E-state index is 0.512. The lowest BCUT2D eigenvalue weighted by atomic mass is 9.99. The summed E-state index contributed by atoms with van der Waals surface area (Å²) in [5.41, 5.74) is 6.38. The van der Waals surface area contributed by atoms with Crippen molar-refractivity contribution in [2.24, 2.45) is 5.92 Å². The maximum atomic E-state index is 5.88. The highest BCUT2D eigenvalue weighted by molar-refractivity contribution is 5.82. The molecule has 1 aromatic carbocycles. The van der Waals surface area contributed by atoms with Crippen LogP contribution in [-0.4, -0.2) is 56.7 Å². The molecule has 1 aliphatic heterocycles. The van der Waals surface area contributed by atoms with Crippen LogP contribution in [0.1, 0.15) is 57.7 Å². The zero-order valence-corrected chi connectivity index (χ0v) is 23.2. The molecule has 0 aliphatic carbocycles. The quantitative estimate of drug-likeness (QED) is 0.275. The van der Waals surface area contributed by atoms with Crippen molar-refractivity contribution in [3.05, 3.63) is 41.6 Å². The van der Waals surface area contributed by atoms with E-state index in [0.717, 1.165) is 91.5 Å². The Morgan fingerprint density at radius 3 is 2.41 bits per heavy atom. The molecule has 7 nitrogen and oxygen atoms in total. The van der Waals surface area contributed by atoms with E-state index in [0.29, 0.717) is 19.1 Å². The monoisotopic (exact) mass is 509 g/mol. The molecule has 0 unspecified atom stereocenters. The number of pyridine rings is 1. The summed E-state index contributed by atoms with van der Waals surface area (Å²) in [5, 5.41) is 5.17. The summed E-state index contributed by atoms with van der Waals surface area (Å²) >= 11 is 0. The Balaban J connectivity index is 1.83. The molecule has 0 amide bonds. The summed E-state index contributed by atoms with van der Waals surface area (Å²) < 4.78 is 25.1. The second-order valence-corrected chi connectivity index (χ2v) is 9.72. The fraction of sp³-hybridized carbons (Fsp3) is 0.567. The number of ether oxygens (including phenoxy) is 4. The third-order valence-electron chi connectivity index (χ3n) is 7.25. The molecule has 0 bridgehead atoms. The van der Waals surface area contributed by atoms with Crippen molar-refractivity contribution >= 4 is 11.2 Å². The number of aryl methyl sites for hydroxylation is 1. The predicted molar refractivity (Wildman–Crippen MR) is 149 cm³/mol. The number of methoxy groups -OCH3 is 2. The first-order valence-electron chi connectivity index (χ1n) is 13.8. The van der Waals surface area contributed by atoms with Gasteiger partial charge in [0.25, 0.3) is 0 Å². The number of benzene rings is 1. The molecular formula is C30H43N3O4. The molecule has 0 atom stereocenters. The Kier molecular flexibility index (Phi) is 9.69. The van der Waals surface area contributed by atoms with Gasteiger partial charge in [0.1, 0.15) is 11.5 Å². The second-order valence-electron chi connectivity index (χ2n) is 9.72. The van der Waals surface area contributed by atoms with Crippen LogP contribution in [0.5, 0.6) is 11.5 Å². The predicted octanol–water partition coefficient (Wildman–Crippen LogP) is 6.15. The molecule has 37 heavy (non-hydrogen) atoms. The molecule has 3 heterocycles. The molecular weight excluding hydrogens is 466 g/mol. The summed E-state index contributed by atoms with van der Waals surface area (Å²) in [6.45, 7) is 11.4. The van der Waals surface area contributed by atoms with Crippen molar-refractivity contribution in [1.29, 1.82) is 0 Å². The first kappa shape index (κ1) is 27.3. The van der Waals surface area contributed by atoms with Crippen molar-refractivity contribution in [3.63, 3.8) is 0 Å². The van der Waals surface area contributed by atoms with Gasteiger partial charge >= 0.3 is 0 Å². The minimum absolute atomic E-state index is 0.512. The summed E-state index contributed by atoms with van der Waals surface area (Å²) in [4.78, 5) is 2.59. The number of fused-ring (bicyclic) bond motifs is 1.